The summed E-state index contributed by atoms with van der Waals surface area (Å²) >= 11 is 0. The fourth-order valence-corrected chi connectivity index (χ4v) is 1.14. The highest BCUT2D eigenvalue weighted by molar-refractivity contribution is 5.31. The highest BCUT2D eigenvalue weighted by atomic mass is 16.5. The van der Waals surface area contributed by atoms with Gasteiger partial charge in [-0.2, -0.15) is 4.98 Å². The number of unbranched alkanes of at least 4 members (excludes halogenated alkanes) is 2. The van der Waals surface area contributed by atoms with E-state index in [4.69, 9.17) is 21.1 Å². The molecule has 16 heavy (non-hydrogen) atoms. The molecule has 6 heteroatoms. The van der Waals surface area contributed by atoms with Gasteiger partial charge in [0.1, 0.15) is 5.82 Å². The van der Waals surface area contributed by atoms with Crippen molar-refractivity contribution in [3.63, 3.8) is 0 Å². The fourth-order valence-electron chi connectivity index (χ4n) is 1.14. The van der Waals surface area contributed by atoms with Gasteiger partial charge in [0.05, 0.1) is 6.61 Å². The summed E-state index contributed by atoms with van der Waals surface area (Å²) in [4.78, 5) is 3.71. The molecule has 1 heterocycles. The molecule has 1 rings (SSSR count). The van der Waals surface area contributed by atoms with Crippen LogP contribution in [0, 0.1) is 5.41 Å². The minimum atomic E-state index is -0.346. The van der Waals surface area contributed by atoms with Crippen LogP contribution in [0.4, 0.5) is 5.82 Å². The van der Waals surface area contributed by atoms with Gasteiger partial charge in [0.2, 0.25) is 5.88 Å². The van der Waals surface area contributed by atoms with Crippen LogP contribution in [0.5, 0.6) is 5.88 Å². The van der Waals surface area contributed by atoms with E-state index in [-0.39, 0.29) is 17.3 Å². The van der Waals surface area contributed by atoms with Gasteiger partial charge in [-0.1, -0.05) is 6.08 Å². The predicted molar refractivity (Wildman–Crippen MR) is 59.2 cm³/mol. The van der Waals surface area contributed by atoms with Gasteiger partial charge in [-0.25, -0.2) is 0 Å². The average Bonchev–Trinajstić information content (AvgIpc) is 2.25. The molecule has 6 nitrogen and oxygen atoms in total. The van der Waals surface area contributed by atoms with Gasteiger partial charge in [0.15, 0.2) is 0 Å². The number of hydrogen-bond acceptors (Lipinski definition) is 5. The maximum absolute atomic E-state index is 9.15. The molecule has 0 atom stereocenters. The molecule has 1 aromatic rings. The molecule has 0 aliphatic carbocycles. The maximum Gasteiger partial charge on any atom is 0.260 e. The Kier molecular flexibility index (Phi) is 4.38. The van der Waals surface area contributed by atoms with E-state index in [9.17, 15) is 0 Å². The minimum absolute atomic E-state index is 0.0288. The first kappa shape index (κ1) is 12.1. The second kappa shape index (κ2) is 5.79. The number of nitrogens with two attached hydrogens (primary N) is 1. The number of nitrogen functional groups attached to an aromatic ring is 1. The Bertz CT molecular complexity index is 414. The van der Waals surface area contributed by atoms with Gasteiger partial charge >= 0.3 is 0 Å². The summed E-state index contributed by atoms with van der Waals surface area (Å²) < 4.78 is 5.79. The fraction of sp³-hybridized carbons (Fsp3) is 0.400. The van der Waals surface area contributed by atoms with E-state index in [1.807, 2.05) is 6.08 Å². The normalized spacial score (nSPS) is 10.0. The zero-order valence-electron chi connectivity index (χ0n) is 9.02. The van der Waals surface area contributed by atoms with Gasteiger partial charge in [0.25, 0.3) is 5.62 Å². The summed E-state index contributed by atoms with van der Waals surface area (Å²) in [7, 11) is 0. The van der Waals surface area contributed by atoms with E-state index in [2.05, 4.69) is 11.6 Å². The predicted octanol–water partition coefficient (Wildman–Crippen LogP) is 0.917. The summed E-state index contributed by atoms with van der Waals surface area (Å²) in [5.74, 6) is 0.285. The van der Waals surface area contributed by atoms with E-state index >= 15 is 0 Å². The second-order valence-corrected chi connectivity index (χ2v) is 3.29. The van der Waals surface area contributed by atoms with Gasteiger partial charge in [0, 0.05) is 6.07 Å². The van der Waals surface area contributed by atoms with Crippen molar-refractivity contribution in [1.82, 2.24) is 9.71 Å². The lowest BCUT2D eigenvalue weighted by Crippen LogP contribution is -2.24. The van der Waals surface area contributed by atoms with Crippen molar-refractivity contribution in [3.8, 4) is 5.88 Å². The Hall–Kier alpha value is -1.98. The molecular formula is C10H16N4O2. The third-order valence-electron chi connectivity index (χ3n) is 1.99. The molecule has 0 saturated heterocycles. The van der Waals surface area contributed by atoms with E-state index < -0.39 is 0 Å². The zero-order chi connectivity index (χ0) is 12.0. The van der Waals surface area contributed by atoms with Crippen molar-refractivity contribution in [2.24, 2.45) is 0 Å². The molecule has 0 spiro atoms. The highest BCUT2D eigenvalue weighted by Gasteiger charge is 2.02. The number of aromatic nitrogens is 2. The number of rotatable bonds is 6. The van der Waals surface area contributed by atoms with Crippen molar-refractivity contribution in [2.75, 3.05) is 12.3 Å². The van der Waals surface area contributed by atoms with Crippen LogP contribution in [-0.2, 0) is 0 Å². The van der Waals surface area contributed by atoms with Crippen LogP contribution >= 0.6 is 0 Å². The number of anilines is 1. The largest absolute Gasteiger partial charge is 0.477 e. The Labute approximate surface area is 93.5 Å². The van der Waals surface area contributed by atoms with Crippen LogP contribution in [0.15, 0.2) is 18.7 Å². The molecule has 0 aliphatic rings. The Morgan fingerprint density at radius 3 is 3.00 bits per heavy atom. The van der Waals surface area contributed by atoms with Crippen molar-refractivity contribution in [2.45, 2.75) is 19.3 Å². The number of allylic oxidation sites excluding steroid dienone is 1. The van der Waals surface area contributed by atoms with E-state index in [0.717, 1.165) is 19.3 Å². The standard InChI is InChI=1S/C10H16N4O2/c1-2-3-4-5-6-16-9-7-8(11)14(15)10(12)13-9/h2,7,12,15H,1,3-6,11H2. The molecule has 1 aromatic heterocycles. The maximum atomic E-state index is 9.15. The molecule has 0 radical (unpaired) electrons. The van der Waals surface area contributed by atoms with E-state index in [0.29, 0.717) is 11.3 Å². The lowest BCUT2D eigenvalue weighted by Gasteiger charge is -2.07. The van der Waals surface area contributed by atoms with Crippen LogP contribution in [0.25, 0.3) is 0 Å². The minimum Gasteiger partial charge on any atom is -0.477 e. The van der Waals surface area contributed by atoms with Gasteiger partial charge in [-0.15, -0.1) is 11.3 Å². The van der Waals surface area contributed by atoms with Crippen LogP contribution in [0.2, 0.25) is 0 Å². The number of nitrogens with zero attached hydrogens (tertiary/aromatic N) is 2. The molecular weight excluding hydrogens is 208 g/mol. The lowest BCUT2D eigenvalue weighted by molar-refractivity contribution is 0.168. The molecule has 0 fully saturated rings. The molecule has 0 aliphatic heterocycles. The summed E-state index contributed by atoms with van der Waals surface area (Å²) in [6.07, 6.45) is 4.69. The van der Waals surface area contributed by atoms with Crippen LogP contribution in [-0.4, -0.2) is 21.5 Å². The summed E-state index contributed by atoms with van der Waals surface area (Å²) in [5.41, 5.74) is 5.09. The first-order valence-electron chi connectivity index (χ1n) is 5.02. The van der Waals surface area contributed by atoms with Crippen molar-refractivity contribution in [3.05, 3.63) is 24.3 Å². The zero-order valence-corrected chi connectivity index (χ0v) is 9.02. The first-order chi connectivity index (χ1) is 7.65. The molecule has 0 amide bonds. The summed E-state index contributed by atoms with van der Waals surface area (Å²) in [6, 6.07) is 1.38. The van der Waals surface area contributed by atoms with E-state index in [1.54, 1.807) is 0 Å². The van der Waals surface area contributed by atoms with E-state index in [1.165, 1.54) is 6.07 Å². The monoisotopic (exact) mass is 224 g/mol. The smallest absolute Gasteiger partial charge is 0.260 e. The first-order valence-corrected chi connectivity index (χ1v) is 5.02. The molecule has 0 saturated carbocycles. The molecule has 0 aromatic carbocycles. The molecule has 4 N–H and O–H groups in total. The van der Waals surface area contributed by atoms with Crippen LogP contribution in [0.1, 0.15) is 19.3 Å². The van der Waals surface area contributed by atoms with Crippen LogP contribution < -0.4 is 16.1 Å². The Morgan fingerprint density at radius 2 is 2.38 bits per heavy atom. The molecule has 0 unspecified atom stereocenters. The lowest BCUT2D eigenvalue weighted by atomic mass is 10.2. The van der Waals surface area contributed by atoms with Crippen molar-refractivity contribution in [1.29, 1.82) is 5.41 Å². The van der Waals surface area contributed by atoms with Gasteiger partial charge < -0.3 is 15.7 Å². The second-order valence-electron chi connectivity index (χ2n) is 3.29. The van der Waals surface area contributed by atoms with Crippen LogP contribution in [0.3, 0.4) is 0 Å². The molecule has 88 valence electrons. The topological polar surface area (TPSA) is 97.1 Å². The Morgan fingerprint density at radius 1 is 1.62 bits per heavy atom. The quantitative estimate of drug-likeness (QED) is 0.380. The summed E-state index contributed by atoms with van der Waals surface area (Å²) in [5, 5.41) is 16.4. The molecule has 0 bridgehead atoms. The third-order valence-corrected chi connectivity index (χ3v) is 1.99. The SMILES string of the molecule is C=CCCCCOc1cc(N)n(O)c(=N)n1. The van der Waals surface area contributed by atoms with Gasteiger partial charge in [-0.3, -0.25) is 5.41 Å². The van der Waals surface area contributed by atoms with Gasteiger partial charge in [-0.05, 0) is 19.3 Å². The summed E-state index contributed by atoms with van der Waals surface area (Å²) in [6.45, 7) is 4.13. The number of ether oxygens (including phenoxy) is 1. The Balaban J connectivity index is 2.49. The number of hydrogen-bond donors (Lipinski definition) is 3. The third kappa shape index (κ3) is 3.30. The van der Waals surface area contributed by atoms with Crippen molar-refractivity contribution < 1.29 is 9.94 Å². The average molecular weight is 224 g/mol. The van der Waals surface area contributed by atoms with Crippen molar-refractivity contribution >= 4 is 5.82 Å². The highest BCUT2D eigenvalue weighted by Crippen LogP contribution is 2.08. The number of nitrogens with one attached hydrogen (secondary N) is 1.